The maximum atomic E-state index is 12.9. The first-order valence-corrected chi connectivity index (χ1v) is 7.26. The number of hydrogen-bond acceptors (Lipinski definition) is 2. The van der Waals surface area contributed by atoms with Crippen molar-refractivity contribution in [2.24, 2.45) is 0 Å². The van der Waals surface area contributed by atoms with Gasteiger partial charge in [-0.05, 0) is 30.0 Å². The van der Waals surface area contributed by atoms with Crippen LogP contribution in [0.5, 0.6) is 0 Å². The first-order valence-electron chi connectivity index (χ1n) is 7.26. The topological polar surface area (TPSA) is 48.0 Å². The van der Waals surface area contributed by atoms with E-state index in [-0.39, 0.29) is 5.43 Å². The average molecular weight is 276 g/mol. The highest BCUT2D eigenvalue weighted by molar-refractivity contribution is 5.91. The van der Waals surface area contributed by atoms with Crippen LogP contribution in [0, 0.1) is 0 Å². The van der Waals surface area contributed by atoms with Crippen LogP contribution in [0.4, 0.5) is 5.82 Å². The van der Waals surface area contributed by atoms with E-state index in [0.29, 0.717) is 11.4 Å². The second kappa shape index (κ2) is 4.48. The van der Waals surface area contributed by atoms with Gasteiger partial charge >= 0.3 is 0 Å². The summed E-state index contributed by atoms with van der Waals surface area (Å²) in [6.07, 6.45) is 2.08. The van der Waals surface area contributed by atoms with Crippen molar-refractivity contribution in [2.45, 2.75) is 19.4 Å². The number of para-hydroxylation sites is 1. The van der Waals surface area contributed by atoms with Crippen molar-refractivity contribution in [3.63, 3.8) is 0 Å². The van der Waals surface area contributed by atoms with E-state index in [0.717, 1.165) is 35.9 Å². The third-order valence-electron chi connectivity index (χ3n) is 4.30. The van der Waals surface area contributed by atoms with Gasteiger partial charge in [-0.2, -0.15) is 0 Å². The van der Waals surface area contributed by atoms with Crippen molar-refractivity contribution < 1.29 is 0 Å². The Hall–Kier alpha value is -2.55. The molecule has 0 fully saturated rings. The Balaban J connectivity index is 2.18. The summed E-state index contributed by atoms with van der Waals surface area (Å²) in [4.78, 5) is 12.9. The summed E-state index contributed by atoms with van der Waals surface area (Å²) in [5.74, 6) is 0.589. The fourth-order valence-corrected chi connectivity index (χ4v) is 3.35. The van der Waals surface area contributed by atoms with Gasteiger partial charge in [0.15, 0.2) is 5.43 Å². The SMILES string of the molecule is Nc1c(-c2ccccc2)c(=O)c2cccc3c2n1CCC3. The Bertz CT molecular complexity index is 894. The molecule has 0 unspecified atom stereocenters. The molecule has 4 rings (SSSR count). The minimum absolute atomic E-state index is 0.0358. The molecular weight excluding hydrogens is 260 g/mol. The molecule has 0 atom stereocenters. The summed E-state index contributed by atoms with van der Waals surface area (Å²) in [5.41, 5.74) is 10.2. The maximum absolute atomic E-state index is 12.9. The number of rotatable bonds is 1. The summed E-state index contributed by atoms with van der Waals surface area (Å²) < 4.78 is 2.11. The van der Waals surface area contributed by atoms with Crippen LogP contribution in [-0.4, -0.2) is 4.57 Å². The predicted molar refractivity (Wildman–Crippen MR) is 86.4 cm³/mol. The largest absolute Gasteiger partial charge is 0.384 e. The number of benzene rings is 2. The van der Waals surface area contributed by atoms with Crippen LogP contribution in [0.1, 0.15) is 12.0 Å². The summed E-state index contributed by atoms with van der Waals surface area (Å²) >= 11 is 0. The third kappa shape index (κ3) is 1.70. The van der Waals surface area contributed by atoms with E-state index in [2.05, 4.69) is 10.6 Å². The van der Waals surface area contributed by atoms with Crippen molar-refractivity contribution in [1.29, 1.82) is 0 Å². The highest BCUT2D eigenvalue weighted by Gasteiger charge is 2.20. The number of aromatic nitrogens is 1. The molecule has 0 radical (unpaired) electrons. The zero-order valence-corrected chi connectivity index (χ0v) is 11.7. The Kier molecular flexibility index (Phi) is 2.61. The fraction of sp³-hybridized carbons (Fsp3) is 0.167. The lowest BCUT2D eigenvalue weighted by Gasteiger charge is -2.23. The van der Waals surface area contributed by atoms with Gasteiger partial charge in [-0.15, -0.1) is 0 Å². The maximum Gasteiger partial charge on any atom is 0.199 e. The van der Waals surface area contributed by atoms with Crippen LogP contribution in [0.25, 0.3) is 22.0 Å². The van der Waals surface area contributed by atoms with Crippen LogP contribution in [0.2, 0.25) is 0 Å². The monoisotopic (exact) mass is 276 g/mol. The molecule has 3 aromatic rings. The number of anilines is 1. The number of hydrogen-bond donors (Lipinski definition) is 1. The number of pyridine rings is 1. The molecule has 0 bridgehead atoms. The molecule has 0 saturated heterocycles. The minimum Gasteiger partial charge on any atom is -0.384 e. The van der Waals surface area contributed by atoms with Gasteiger partial charge in [0.05, 0.1) is 11.1 Å². The standard InChI is InChI=1S/C18H16N2O/c19-18-15(12-6-2-1-3-7-12)17(21)14-10-4-8-13-9-5-11-20(18)16(13)14/h1-4,6-8,10H,5,9,11,19H2. The molecule has 3 nitrogen and oxygen atoms in total. The zero-order valence-electron chi connectivity index (χ0n) is 11.7. The van der Waals surface area contributed by atoms with E-state index < -0.39 is 0 Å². The van der Waals surface area contributed by atoms with E-state index in [1.807, 2.05) is 42.5 Å². The van der Waals surface area contributed by atoms with Crippen LogP contribution in [0.3, 0.4) is 0 Å². The number of nitrogen functional groups attached to an aromatic ring is 1. The van der Waals surface area contributed by atoms with Crippen molar-refractivity contribution in [2.75, 3.05) is 5.73 Å². The number of aryl methyl sites for hydroxylation is 2. The first-order chi connectivity index (χ1) is 10.3. The molecule has 0 spiro atoms. The lowest BCUT2D eigenvalue weighted by Crippen LogP contribution is -2.21. The smallest absolute Gasteiger partial charge is 0.199 e. The first kappa shape index (κ1) is 12.2. The second-order valence-electron chi connectivity index (χ2n) is 5.52. The molecule has 1 aliphatic heterocycles. The molecule has 0 saturated carbocycles. The highest BCUT2D eigenvalue weighted by atomic mass is 16.1. The van der Waals surface area contributed by atoms with E-state index in [1.54, 1.807) is 0 Å². The summed E-state index contributed by atoms with van der Waals surface area (Å²) in [5, 5.41) is 0.778. The molecule has 104 valence electrons. The van der Waals surface area contributed by atoms with E-state index in [1.165, 1.54) is 5.56 Å². The lowest BCUT2D eigenvalue weighted by molar-refractivity contribution is 0.638. The summed E-state index contributed by atoms with van der Waals surface area (Å²) in [6, 6.07) is 15.7. The molecule has 1 aromatic heterocycles. The molecule has 21 heavy (non-hydrogen) atoms. The third-order valence-corrected chi connectivity index (χ3v) is 4.30. The van der Waals surface area contributed by atoms with Crippen LogP contribution in [0.15, 0.2) is 53.3 Å². The predicted octanol–water partition coefficient (Wildman–Crippen LogP) is 3.20. The van der Waals surface area contributed by atoms with Gasteiger partial charge in [0.2, 0.25) is 0 Å². The van der Waals surface area contributed by atoms with Gasteiger partial charge in [0.25, 0.3) is 0 Å². The van der Waals surface area contributed by atoms with Gasteiger partial charge in [-0.25, -0.2) is 0 Å². The number of nitrogens with zero attached hydrogens (tertiary/aromatic N) is 1. The summed E-state index contributed by atoms with van der Waals surface area (Å²) in [7, 11) is 0. The molecule has 2 heterocycles. The summed E-state index contributed by atoms with van der Waals surface area (Å²) in [6.45, 7) is 0.874. The quantitative estimate of drug-likeness (QED) is 0.742. The Morgan fingerprint density at radius 3 is 2.62 bits per heavy atom. The van der Waals surface area contributed by atoms with E-state index in [4.69, 9.17) is 5.73 Å². The Morgan fingerprint density at radius 1 is 1.00 bits per heavy atom. The van der Waals surface area contributed by atoms with E-state index in [9.17, 15) is 4.79 Å². The second-order valence-corrected chi connectivity index (χ2v) is 5.52. The number of nitrogens with two attached hydrogens (primary N) is 1. The highest BCUT2D eigenvalue weighted by Crippen LogP contribution is 2.31. The minimum atomic E-state index is 0.0358. The molecule has 0 aliphatic carbocycles. The fourth-order valence-electron chi connectivity index (χ4n) is 3.35. The molecule has 0 amide bonds. The molecular formula is C18H16N2O. The molecule has 2 aromatic carbocycles. The van der Waals surface area contributed by atoms with Gasteiger partial charge in [0, 0.05) is 11.9 Å². The normalized spacial score (nSPS) is 13.5. The van der Waals surface area contributed by atoms with Crippen molar-refractivity contribution in [1.82, 2.24) is 4.57 Å². The Morgan fingerprint density at radius 2 is 1.81 bits per heavy atom. The van der Waals surface area contributed by atoms with Crippen molar-refractivity contribution in [3.8, 4) is 11.1 Å². The zero-order chi connectivity index (χ0) is 14.4. The molecule has 2 N–H and O–H groups in total. The van der Waals surface area contributed by atoms with Gasteiger partial charge < -0.3 is 10.3 Å². The van der Waals surface area contributed by atoms with E-state index >= 15 is 0 Å². The van der Waals surface area contributed by atoms with Gasteiger partial charge in [-0.1, -0.05) is 42.5 Å². The lowest BCUT2D eigenvalue weighted by atomic mass is 9.97. The van der Waals surface area contributed by atoms with Crippen LogP contribution >= 0.6 is 0 Å². The van der Waals surface area contributed by atoms with Crippen molar-refractivity contribution >= 4 is 16.7 Å². The van der Waals surface area contributed by atoms with Gasteiger partial charge in [0.1, 0.15) is 5.82 Å². The van der Waals surface area contributed by atoms with Crippen molar-refractivity contribution in [3.05, 3.63) is 64.3 Å². The Labute approximate surface area is 122 Å². The van der Waals surface area contributed by atoms with Crippen LogP contribution < -0.4 is 11.2 Å². The van der Waals surface area contributed by atoms with Gasteiger partial charge in [-0.3, -0.25) is 4.79 Å². The molecule has 3 heteroatoms. The average Bonchev–Trinajstić information content (AvgIpc) is 2.54. The molecule has 1 aliphatic rings. The van der Waals surface area contributed by atoms with Crippen LogP contribution in [-0.2, 0) is 13.0 Å².